The Balaban J connectivity index is 1.49. The average molecular weight is 343 g/mol. The van der Waals surface area contributed by atoms with Crippen molar-refractivity contribution in [2.75, 3.05) is 31.1 Å². The highest BCUT2D eigenvalue weighted by Crippen LogP contribution is 2.42. The molecule has 1 atom stereocenters. The first-order valence-corrected chi connectivity index (χ1v) is 9.32. The summed E-state index contributed by atoms with van der Waals surface area (Å²) in [6.07, 6.45) is 6.66. The highest BCUT2D eigenvalue weighted by molar-refractivity contribution is 5.86. The number of amides is 1. The highest BCUT2D eigenvalue weighted by atomic mass is 16.4. The van der Waals surface area contributed by atoms with Gasteiger partial charge in [0.25, 0.3) is 0 Å². The molecule has 0 aromatic carbocycles. The number of nitrogens with zero attached hydrogens (tertiary/aromatic N) is 3. The van der Waals surface area contributed by atoms with Gasteiger partial charge in [0.2, 0.25) is 5.91 Å². The zero-order valence-electron chi connectivity index (χ0n) is 14.5. The number of aromatic nitrogens is 1. The van der Waals surface area contributed by atoms with Gasteiger partial charge in [-0.2, -0.15) is 0 Å². The molecule has 0 bridgehead atoms. The van der Waals surface area contributed by atoms with Crippen molar-refractivity contribution < 1.29 is 14.7 Å². The molecular weight excluding hydrogens is 318 g/mol. The molecule has 1 aliphatic carbocycles. The van der Waals surface area contributed by atoms with Crippen LogP contribution in [0.3, 0.4) is 0 Å². The van der Waals surface area contributed by atoms with E-state index in [2.05, 4.69) is 14.8 Å². The fourth-order valence-corrected chi connectivity index (χ4v) is 4.48. The van der Waals surface area contributed by atoms with Crippen molar-refractivity contribution in [3.05, 3.63) is 23.9 Å². The molecule has 134 valence electrons. The van der Waals surface area contributed by atoms with Gasteiger partial charge in [0.15, 0.2) is 5.69 Å². The van der Waals surface area contributed by atoms with Crippen LogP contribution in [-0.4, -0.2) is 53.0 Å². The maximum absolute atomic E-state index is 13.2. The topological polar surface area (TPSA) is 73.7 Å². The number of piperidine rings is 1. The van der Waals surface area contributed by atoms with Gasteiger partial charge in [-0.1, -0.05) is 12.5 Å². The van der Waals surface area contributed by atoms with Crippen molar-refractivity contribution in [1.82, 2.24) is 9.88 Å². The molecule has 1 aromatic heterocycles. The molecule has 1 aromatic rings. The molecule has 6 heteroatoms. The number of hydrogen-bond acceptors (Lipinski definition) is 4. The largest absolute Gasteiger partial charge is 0.477 e. The van der Waals surface area contributed by atoms with Crippen LogP contribution in [0.2, 0.25) is 0 Å². The van der Waals surface area contributed by atoms with Gasteiger partial charge in [0.05, 0.1) is 5.41 Å². The van der Waals surface area contributed by atoms with Gasteiger partial charge >= 0.3 is 5.97 Å². The average Bonchev–Trinajstić information content (AvgIpc) is 3.00. The molecule has 1 amide bonds. The summed E-state index contributed by atoms with van der Waals surface area (Å²) in [5.74, 6) is 0.657. The number of likely N-dealkylation sites (tertiary alicyclic amines) is 1. The van der Waals surface area contributed by atoms with E-state index in [0.29, 0.717) is 24.2 Å². The first kappa shape index (κ1) is 16.4. The van der Waals surface area contributed by atoms with E-state index >= 15 is 0 Å². The number of carbonyl (C=O) groups is 2. The van der Waals surface area contributed by atoms with E-state index in [1.165, 1.54) is 25.3 Å². The molecule has 2 saturated heterocycles. The molecule has 25 heavy (non-hydrogen) atoms. The summed E-state index contributed by atoms with van der Waals surface area (Å²) in [4.78, 5) is 32.7. The maximum Gasteiger partial charge on any atom is 0.354 e. The second-order valence-corrected chi connectivity index (χ2v) is 7.79. The standard InChI is InChI=1S/C19H25N3O3/c23-17(24)15-6-2-7-16(20-15)22-11-9-19(13-22)8-3-10-21(18(19)25)12-14-4-1-5-14/h2,6-7,14H,1,3-5,8-13H2,(H,23,24)/t19-/m1/s1. The van der Waals surface area contributed by atoms with E-state index in [1.807, 2.05) is 6.07 Å². The fourth-order valence-electron chi connectivity index (χ4n) is 4.48. The van der Waals surface area contributed by atoms with Gasteiger partial charge in [-0.3, -0.25) is 4.79 Å². The maximum atomic E-state index is 13.2. The van der Waals surface area contributed by atoms with Gasteiger partial charge in [-0.25, -0.2) is 9.78 Å². The molecule has 1 spiro atoms. The Morgan fingerprint density at radius 1 is 1.24 bits per heavy atom. The van der Waals surface area contributed by atoms with Crippen LogP contribution in [0, 0.1) is 11.3 Å². The van der Waals surface area contributed by atoms with Crippen molar-refractivity contribution in [1.29, 1.82) is 0 Å². The number of anilines is 1. The third kappa shape index (κ3) is 2.98. The third-order valence-corrected chi connectivity index (χ3v) is 6.16. The lowest BCUT2D eigenvalue weighted by Gasteiger charge is -2.42. The summed E-state index contributed by atoms with van der Waals surface area (Å²) in [6.45, 7) is 3.24. The van der Waals surface area contributed by atoms with Crippen LogP contribution >= 0.6 is 0 Å². The number of hydrogen-bond donors (Lipinski definition) is 1. The first-order valence-electron chi connectivity index (χ1n) is 9.32. The smallest absolute Gasteiger partial charge is 0.354 e. The molecule has 2 aliphatic heterocycles. The van der Waals surface area contributed by atoms with E-state index in [0.717, 1.165) is 38.9 Å². The quantitative estimate of drug-likeness (QED) is 0.909. The lowest BCUT2D eigenvalue weighted by molar-refractivity contribution is -0.146. The minimum Gasteiger partial charge on any atom is -0.477 e. The van der Waals surface area contributed by atoms with E-state index in [9.17, 15) is 9.59 Å². The monoisotopic (exact) mass is 343 g/mol. The van der Waals surface area contributed by atoms with Crippen molar-refractivity contribution in [2.45, 2.75) is 38.5 Å². The van der Waals surface area contributed by atoms with Crippen LogP contribution in [0.25, 0.3) is 0 Å². The zero-order valence-corrected chi connectivity index (χ0v) is 14.5. The van der Waals surface area contributed by atoms with Gasteiger partial charge < -0.3 is 14.9 Å². The number of carboxylic acid groups (broad SMARTS) is 1. The molecule has 3 fully saturated rings. The molecule has 3 aliphatic rings. The Kier molecular flexibility index (Phi) is 4.13. The predicted octanol–water partition coefficient (Wildman–Crippen LogP) is 2.40. The third-order valence-electron chi connectivity index (χ3n) is 6.16. The van der Waals surface area contributed by atoms with Gasteiger partial charge in [-0.05, 0) is 50.2 Å². The molecule has 6 nitrogen and oxygen atoms in total. The number of aromatic carboxylic acids is 1. The Bertz CT molecular complexity index is 688. The van der Waals surface area contributed by atoms with Crippen molar-refractivity contribution in [2.24, 2.45) is 11.3 Å². The summed E-state index contributed by atoms with van der Waals surface area (Å²) in [5, 5.41) is 9.14. The van der Waals surface area contributed by atoms with Gasteiger partial charge in [-0.15, -0.1) is 0 Å². The van der Waals surface area contributed by atoms with E-state index < -0.39 is 5.97 Å². The predicted molar refractivity (Wildman–Crippen MR) is 93.6 cm³/mol. The number of carbonyl (C=O) groups excluding carboxylic acids is 1. The Hall–Kier alpha value is -2.11. The second-order valence-electron chi connectivity index (χ2n) is 7.79. The Labute approximate surface area is 147 Å². The minimum absolute atomic E-state index is 0.0556. The van der Waals surface area contributed by atoms with Crippen LogP contribution in [0.4, 0.5) is 5.82 Å². The molecule has 3 heterocycles. The Morgan fingerprint density at radius 2 is 2.08 bits per heavy atom. The Morgan fingerprint density at radius 3 is 2.80 bits per heavy atom. The van der Waals surface area contributed by atoms with Crippen LogP contribution in [0.15, 0.2) is 18.2 Å². The number of rotatable bonds is 4. The molecule has 1 N–H and O–H groups in total. The summed E-state index contributed by atoms with van der Waals surface area (Å²) >= 11 is 0. The molecule has 0 radical (unpaired) electrons. The van der Waals surface area contributed by atoms with Gasteiger partial charge in [0, 0.05) is 26.2 Å². The summed E-state index contributed by atoms with van der Waals surface area (Å²) in [7, 11) is 0. The second kappa shape index (κ2) is 6.32. The molecule has 0 unspecified atom stereocenters. The summed E-state index contributed by atoms with van der Waals surface area (Å²) < 4.78 is 0. The van der Waals surface area contributed by atoms with Crippen molar-refractivity contribution in [3.8, 4) is 0 Å². The SMILES string of the molecule is O=C(O)c1cccc(N2CC[C@]3(CCCN(CC4CCC4)C3=O)C2)n1. The zero-order chi connectivity index (χ0) is 17.4. The van der Waals surface area contributed by atoms with E-state index in [4.69, 9.17) is 5.11 Å². The first-order chi connectivity index (χ1) is 12.1. The normalized spacial score (nSPS) is 27.0. The number of pyridine rings is 1. The number of carboxylic acids is 1. The van der Waals surface area contributed by atoms with Crippen LogP contribution in [0.5, 0.6) is 0 Å². The summed E-state index contributed by atoms with van der Waals surface area (Å²) in [5.41, 5.74) is -0.247. The van der Waals surface area contributed by atoms with Crippen molar-refractivity contribution in [3.63, 3.8) is 0 Å². The van der Waals surface area contributed by atoms with Gasteiger partial charge in [0.1, 0.15) is 5.82 Å². The van der Waals surface area contributed by atoms with E-state index in [-0.39, 0.29) is 11.1 Å². The highest BCUT2D eigenvalue weighted by Gasteiger charge is 2.49. The van der Waals surface area contributed by atoms with Crippen LogP contribution < -0.4 is 4.90 Å². The molecular formula is C19H25N3O3. The van der Waals surface area contributed by atoms with Crippen molar-refractivity contribution >= 4 is 17.7 Å². The minimum atomic E-state index is -1.02. The lowest BCUT2D eigenvalue weighted by atomic mass is 9.77. The fraction of sp³-hybridized carbons (Fsp3) is 0.632. The van der Waals surface area contributed by atoms with Crippen LogP contribution in [-0.2, 0) is 4.79 Å². The van der Waals surface area contributed by atoms with E-state index in [1.54, 1.807) is 6.07 Å². The van der Waals surface area contributed by atoms with Crippen LogP contribution in [0.1, 0.15) is 49.0 Å². The molecule has 4 rings (SSSR count). The summed E-state index contributed by atoms with van der Waals surface area (Å²) in [6, 6.07) is 5.07. The molecule has 1 saturated carbocycles. The lowest BCUT2D eigenvalue weighted by Crippen LogP contribution is -2.51.